The summed E-state index contributed by atoms with van der Waals surface area (Å²) in [6.07, 6.45) is 2.28. The molecule has 2 N–H and O–H groups in total. The third-order valence-electron chi connectivity index (χ3n) is 2.22. The molecule has 0 radical (unpaired) electrons. The summed E-state index contributed by atoms with van der Waals surface area (Å²) in [4.78, 5) is 0. The van der Waals surface area contributed by atoms with Gasteiger partial charge in [0.15, 0.2) is 11.6 Å². The molecule has 14 heavy (non-hydrogen) atoms. The number of ether oxygens (including phenoxy) is 1. The largest absolute Gasteiger partial charge is 0.491 e. The van der Waals surface area contributed by atoms with Gasteiger partial charge in [-0.3, -0.25) is 0 Å². The molecule has 1 saturated carbocycles. The minimum absolute atomic E-state index is 0.143. The second-order valence-electron chi connectivity index (χ2n) is 3.56. The first-order valence-electron chi connectivity index (χ1n) is 4.54. The molecular weight excluding hydrogens is 188 g/mol. The third kappa shape index (κ3) is 1.95. The van der Waals surface area contributed by atoms with Gasteiger partial charge in [0, 0.05) is 12.1 Å². The van der Waals surface area contributed by atoms with Crippen LogP contribution in [0.4, 0.5) is 14.5 Å². The molecule has 1 aliphatic carbocycles. The molecule has 0 aliphatic heterocycles. The van der Waals surface area contributed by atoms with Crippen molar-refractivity contribution >= 4 is 5.69 Å². The summed E-state index contributed by atoms with van der Waals surface area (Å²) in [7, 11) is 0. The molecule has 0 bridgehead atoms. The van der Waals surface area contributed by atoms with Crippen LogP contribution >= 0.6 is 0 Å². The normalized spacial score (nSPS) is 15.6. The summed E-state index contributed by atoms with van der Waals surface area (Å²) in [5.74, 6) is -1.08. The van der Waals surface area contributed by atoms with Crippen molar-refractivity contribution in [2.75, 3.05) is 12.3 Å². The van der Waals surface area contributed by atoms with E-state index in [-0.39, 0.29) is 11.4 Å². The maximum atomic E-state index is 12.8. The number of hydrogen-bond donors (Lipinski definition) is 1. The van der Waals surface area contributed by atoms with Gasteiger partial charge >= 0.3 is 0 Å². The van der Waals surface area contributed by atoms with Gasteiger partial charge in [-0.15, -0.1) is 0 Å². The van der Waals surface area contributed by atoms with Gasteiger partial charge in [-0.05, 0) is 18.8 Å². The standard InChI is InChI=1S/C10H11F2NO/c11-7-3-9(13)10(4-8(7)12)14-5-6-1-2-6/h3-4,6H,1-2,5,13H2. The predicted octanol–water partition coefficient (Wildman–Crippen LogP) is 2.34. The van der Waals surface area contributed by atoms with Crippen LogP contribution in [-0.4, -0.2) is 6.61 Å². The second kappa shape index (κ2) is 3.44. The first-order valence-corrected chi connectivity index (χ1v) is 4.54. The van der Waals surface area contributed by atoms with Crippen LogP contribution in [0.3, 0.4) is 0 Å². The van der Waals surface area contributed by atoms with Crippen molar-refractivity contribution < 1.29 is 13.5 Å². The lowest BCUT2D eigenvalue weighted by Gasteiger charge is -2.08. The number of nitrogen functional groups attached to an aromatic ring is 1. The van der Waals surface area contributed by atoms with E-state index in [0.717, 1.165) is 25.0 Å². The van der Waals surface area contributed by atoms with Gasteiger partial charge < -0.3 is 10.5 Å². The summed E-state index contributed by atoms with van der Waals surface area (Å²) in [5.41, 5.74) is 5.61. The van der Waals surface area contributed by atoms with Crippen molar-refractivity contribution in [2.45, 2.75) is 12.8 Å². The van der Waals surface area contributed by atoms with E-state index in [4.69, 9.17) is 10.5 Å². The van der Waals surface area contributed by atoms with E-state index in [1.165, 1.54) is 0 Å². The Bertz CT molecular complexity index is 350. The molecule has 1 aromatic carbocycles. The second-order valence-corrected chi connectivity index (χ2v) is 3.56. The van der Waals surface area contributed by atoms with E-state index in [2.05, 4.69) is 0 Å². The highest BCUT2D eigenvalue weighted by Gasteiger charge is 2.22. The average Bonchev–Trinajstić information content (AvgIpc) is 2.92. The lowest BCUT2D eigenvalue weighted by atomic mass is 10.3. The van der Waals surface area contributed by atoms with Crippen LogP contribution in [0.1, 0.15) is 12.8 Å². The van der Waals surface area contributed by atoms with E-state index < -0.39 is 11.6 Å². The van der Waals surface area contributed by atoms with Crippen molar-refractivity contribution in [1.82, 2.24) is 0 Å². The van der Waals surface area contributed by atoms with Crippen LogP contribution < -0.4 is 10.5 Å². The molecule has 1 fully saturated rings. The maximum Gasteiger partial charge on any atom is 0.162 e. The third-order valence-corrected chi connectivity index (χ3v) is 2.22. The lowest BCUT2D eigenvalue weighted by Crippen LogP contribution is -2.03. The Kier molecular flexibility index (Phi) is 2.27. The first-order chi connectivity index (χ1) is 6.66. The van der Waals surface area contributed by atoms with E-state index in [1.807, 2.05) is 0 Å². The van der Waals surface area contributed by atoms with Gasteiger partial charge in [-0.2, -0.15) is 0 Å². The number of rotatable bonds is 3. The Hall–Kier alpha value is -1.32. The molecule has 2 nitrogen and oxygen atoms in total. The fourth-order valence-corrected chi connectivity index (χ4v) is 1.16. The molecule has 0 unspecified atom stereocenters. The summed E-state index contributed by atoms with van der Waals surface area (Å²) >= 11 is 0. The Morgan fingerprint density at radius 3 is 2.57 bits per heavy atom. The molecule has 76 valence electrons. The minimum atomic E-state index is -0.943. The molecular formula is C10H11F2NO. The molecule has 0 heterocycles. The SMILES string of the molecule is Nc1cc(F)c(F)cc1OCC1CC1. The zero-order valence-electron chi connectivity index (χ0n) is 7.59. The first kappa shape index (κ1) is 9.24. The molecule has 0 saturated heterocycles. The predicted molar refractivity (Wildman–Crippen MR) is 49.0 cm³/mol. The lowest BCUT2D eigenvalue weighted by molar-refractivity contribution is 0.299. The number of benzene rings is 1. The van der Waals surface area contributed by atoms with Crippen molar-refractivity contribution in [3.8, 4) is 5.75 Å². The molecule has 0 aromatic heterocycles. The molecule has 0 atom stereocenters. The van der Waals surface area contributed by atoms with Crippen LogP contribution in [0.25, 0.3) is 0 Å². The summed E-state index contributed by atoms with van der Waals surface area (Å²) in [6, 6.07) is 1.94. The number of nitrogens with two attached hydrogens (primary N) is 1. The highest BCUT2D eigenvalue weighted by Crippen LogP contribution is 2.31. The molecule has 0 spiro atoms. The highest BCUT2D eigenvalue weighted by molar-refractivity contribution is 5.52. The average molecular weight is 199 g/mol. The fourth-order valence-electron chi connectivity index (χ4n) is 1.16. The quantitative estimate of drug-likeness (QED) is 0.758. The Morgan fingerprint density at radius 1 is 1.29 bits per heavy atom. The van der Waals surface area contributed by atoms with Gasteiger partial charge in [0.2, 0.25) is 0 Å². The van der Waals surface area contributed by atoms with Crippen LogP contribution in [0.5, 0.6) is 5.75 Å². The van der Waals surface area contributed by atoms with E-state index in [0.29, 0.717) is 12.5 Å². The monoisotopic (exact) mass is 199 g/mol. The van der Waals surface area contributed by atoms with Crippen LogP contribution in [0.2, 0.25) is 0 Å². The van der Waals surface area contributed by atoms with Crippen LogP contribution in [-0.2, 0) is 0 Å². The Morgan fingerprint density at radius 2 is 1.93 bits per heavy atom. The fraction of sp³-hybridized carbons (Fsp3) is 0.400. The number of hydrogen-bond acceptors (Lipinski definition) is 2. The molecule has 1 aliphatic rings. The number of halogens is 2. The van der Waals surface area contributed by atoms with Crippen molar-refractivity contribution in [1.29, 1.82) is 0 Å². The van der Waals surface area contributed by atoms with Gasteiger partial charge in [0.1, 0.15) is 5.75 Å². The van der Waals surface area contributed by atoms with E-state index >= 15 is 0 Å². The van der Waals surface area contributed by atoms with E-state index in [9.17, 15) is 8.78 Å². The molecule has 1 aromatic rings. The molecule has 4 heteroatoms. The van der Waals surface area contributed by atoms with Gasteiger partial charge in [0.25, 0.3) is 0 Å². The van der Waals surface area contributed by atoms with E-state index in [1.54, 1.807) is 0 Å². The zero-order valence-corrected chi connectivity index (χ0v) is 7.59. The zero-order chi connectivity index (χ0) is 10.1. The summed E-state index contributed by atoms with van der Waals surface area (Å²) in [6.45, 7) is 0.537. The van der Waals surface area contributed by atoms with Crippen molar-refractivity contribution in [3.05, 3.63) is 23.8 Å². The number of anilines is 1. The Balaban J connectivity index is 2.10. The topological polar surface area (TPSA) is 35.2 Å². The van der Waals surface area contributed by atoms with Crippen LogP contribution in [0.15, 0.2) is 12.1 Å². The van der Waals surface area contributed by atoms with Gasteiger partial charge in [-0.25, -0.2) is 8.78 Å². The van der Waals surface area contributed by atoms with Crippen LogP contribution in [0, 0.1) is 17.6 Å². The van der Waals surface area contributed by atoms with Gasteiger partial charge in [0.05, 0.1) is 12.3 Å². The summed E-state index contributed by atoms with van der Waals surface area (Å²) in [5, 5.41) is 0. The Labute approximate surface area is 80.7 Å². The maximum absolute atomic E-state index is 12.8. The molecule has 0 amide bonds. The highest BCUT2D eigenvalue weighted by atomic mass is 19.2. The van der Waals surface area contributed by atoms with Gasteiger partial charge in [-0.1, -0.05) is 0 Å². The van der Waals surface area contributed by atoms with Crippen molar-refractivity contribution in [3.63, 3.8) is 0 Å². The molecule has 2 rings (SSSR count). The summed E-state index contributed by atoms with van der Waals surface area (Å²) < 4.78 is 30.7. The van der Waals surface area contributed by atoms with Crippen molar-refractivity contribution in [2.24, 2.45) is 5.92 Å². The smallest absolute Gasteiger partial charge is 0.162 e. The minimum Gasteiger partial charge on any atom is -0.491 e.